The lowest BCUT2D eigenvalue weighted by Gasteiger charge is -2.21. The molecule has 0 aromatic carbocycles. The first-order valence-electron chi connectivity index (χ1n) is 9.58. The van der Waals surface area contributed by atoms with Crippen molar-refractivity contribution in [3.63, 3.8) is 0 Å². The van der Waals surface area contributed by atoms with Crippen LogP contribution >= 0.6 is 23.4 Å². The summed E-state index contributed by atoms with van der Waals surface area (Å²) in [5.74, 6) is 0.959. The Morgan fingerprint density at radius 2 is 1.96 bits per heavy atom. The minimum Gasteiger partial charge on any atom is -0.383 e. The van der Waals surface area contributed by atoms with Crippen molar-refractivity contribution < 1.29 is 4.39 Å². The zero-order chi connectivity index (χ0) is 20.0. The molecular weight excluding hydrogens is 385 g/mol. The highest BCUT2D eigenvalue weighted by atomic mass is 35.5. The molecule has 150 valence electrons. The van der Waals surface area contributed by atoms with Crippen molar-refractivity contribution in [2.45, 2.75) is 58.0 Å². The molecule has 2 aromatic rings. The van der Waals surface area contributed by atoms with E-state index in [1.54, 1.807) is 0 Å². The first kappa shape index (κ1) is 22.1. The Kier molecular flexibility index (Phi) is 8.51. The van der Waals surface area contributed by atoms with Gasteiger partial charge in [-0.05, 0) is 43.5 Å². The van der Waals surface area contributed by atoms with Crippen LogP contribution in [0.25, 0.3) is 10.9 Å². The Morgan fingerprint density at radius 3 is 2.59 bits per heavy atom. The van der Waals surface area contributed by atoms with E-state index in [1.165, 1.54) is 11.8 Å². The molecule has 0 aliphatic carbocycles. The van der Waals surface area contributed by atoms with E-state index >= 15 is 0 Å². The average molecular weight is 414 g/mol. The summed E-state index contributed by atoms with van der Waals surface area (Å²) in [4.78, 5) is 13.0. The van der Waals surface area contributed by atoms with E-state index in [9.17, 15) is 4.39 Å². The smallest absolute Gasteiger partial charge is 0.190 e. The molecule has 0 aliphatic heterocycles. The van der Waals surface area contributed by atoms with Gasteiger partial charge >= 0.3 is 0 Å². The summed E-state index contributed by atoms with van der Waals surface area (Å²) in [6.07, 6.45) is 3.07. The zero-order valence-electron chi connectivity index (χ0n) is 16.5. The summed E-state index contributed by atoms with van der Waals surface area (Å²) in [5.41, 5.74) is 7.02. The van der Waals surface area contributed by atoms with E-state index < -0.39 is 5.82 Å². The quantitative estimate of drug-likeness (QED) is 0.246. The van der Waals surface area contributed by atoms with Crippen LogP contribution in [0.1, 0.15) is 58.6 Å². The van der Waals surface area contributed by atoms with Crippen molar-refractivity contribution in [3.8, 4) is 0 Å². The van der Waals surface area contributed by atoms with Gasteiger partial charge in [-0.15, -0.1) is 0 Å². The van der Waals surface area contributed by atoms with Gasteiger partial charge in [-0.25, -0.2) is 19.3 Å². The molecule has 0 bridgehead atoms. The van der Waals surface area contributed by atoms with Crippen LogP contribution in [-0.4, -0.2) is 33.8 Å². The third-order valence-corrected chi connectivity index (χ3v) is 5.62. The van der Waals surface area contributed by atoms with Crippen LogP contribution in [0, 0.1) is 11.7 Å². The molecule has 5 nitrogen and oxygen atoms in total. The molecule has 0 radical (unpaired) electrons. The molecule has 0 fully saturated rings. The van der Waals surface area contributed by atoms with Gasteiger partial charge in [-0.1, -0.05) is 57.5 Å². The van der Waals surface area contributed by atoms with Gasteiger partial charge in [-0.2, -0.15) is 0 Å². The molecule has 0 amide bonds. The number of anilines is 1. The second kappa shape index (κ2) is 10.4. The molecule has 0 spiro atoms. The standard InChI is InChI=1S/C19H29ClFN5S/c1-5-8-23-10-12(6-2)9-11(4)15-13-16(14(21)17(20)24-15)25-19(27-7-3)26-18(13)22/h11-12,23H,5-10H2,1-4H3,(H2,22,25,26)/t11-,12?/m1/s1. The van der Waals surface area contributed by atoms with Gasteiger partial charge < -0.3 is 11.1 Å². The minimum absolute atomic E-state index is 0.0644. The molecule has 27 heavy (non-hydrogen) atoms. The summed E-state index contributed by atoms with van der Waals surface area (Å²) in [6.45, 7) is 10.3. The van der Waals surface area contributed by atoms with Crippen molar-refractivity contribution in [2.24, 2.45) is 5.92 Å². The van der Waals surface area contributed by atoms with Crippen molar-refractivity contribution in [3.05, 3.63) is 16.7 Å². The fourth-order valence-corrected chi connectivity index (χ4v) is 3.97. The number of fused-ring (bicyclic) bond motifs is 1. The first-order valence-corrected chi connectivity index (χ1v) is 10.9. The second-order valence-electron chi connectivity index (χ2n) is 6.77. The predicted octanol–water partition coefficient (Wildman–Crippen LogP) is 5.03. The molecule has 2 atom stereocenters. The van der Waals surface area contributed by atoms with Crippen molar-refractivity contribution >= 4 is 40.1 Å². The van der Waals surface area contributed by atoms with Gasteiger partial charge in [0.05, 0.1) is 11.1 Å². The van der Waals surface area contributed by atoms with Crippen molar-refractivity contribution in [2.75, 3.05) is 24.6 Å². The summed E-state index contributed by atoms with van der Waals surface area (Å²) in [5, 5.41) is 4.26. The second-order valence-corrected chi connectivity index (χ2v) is 8.35. The number of aromatic nitrogens is 3. The Bertz CT molecular complexity index is 774. The molecule has 0 saturated heterocycles. The average Bonchev–Trinajstić information content (AvgIpc) is 2.64. The van der Waals surface area contributed by atoms with Gasteiger partial charge in [0.1, 0.15) is 11.3 Å². The number of nitrogens with one attached hydrogen (secondary N) is 1. The van der Waals surface area contributed by atoms with Crippen LogP contribution < -0.4 is 11.1 Å². The fourth-order valence-electron chi connectivity index (χ4n) is 3.22. The molecule has 2 heterocycles. The van der Waals surface area contributed by atoms with Crippen molar-refractivity contribution in [1.82, 2.24) is 20.3 Å². The monoisotopic (exact) mass is 413 g/mol. The summed E-state index contributed by atoms with van der Waals surface area (Å²) in [6, 6.07) is 0. The van der Waals surface area contributed by atoms with Crippen LogP contribution in [0.2, 0.25) is 5.15 Å². The number of hydrogen-bond acceptors (Lipinski definition) is 6. The van der Waals surface area contributed by atoms with E-state index in [0.29, 0.717) is 22.2 Å². The van der Waals surface area contributed by atoms with Crippen LogP contribution in [-0.2, 0) is 0 Å². The Balaban J connectivity index is 2.40. The lowest BCUT2D eigenvalue weighted by Crippen LogP contribution is -2.24. The van der Waals surface area contributed by atoms with Crippen LogP contribution in [0.4, 0.5) is 10.2 Å². The van der Waals surface area contributed by atoms with Gasteiger partial charge in [0.25, 0.3) is 0 Å². The molecule has 2 rings (SSSR count). The van der Waals surface area contributed by atoms with Gasteiger partial charge in [0.2, 0.25) is 0 Å². The van der Waals surface area contributed by atoms with E-state index in [1.807, 2.05) is 6.92 Å². The highest BCUT2D eigenvalue weighted by Gasteiger charge is 2.23. The zero-order valence-corrected chi connectivity index (χ0v) is 18.1. The minimum atomic E-state index is -0.633. The SMILES string of the molecule is CCCNCC(CC)C[C@@H](C)c1nc(Cl)c(F)c2nc(SCC)nc(N)c12. The van der Waals surface area contributed by atoms with Gasteiger partial charge in [0.15, 0.2) is 16.1 Å². The lowest BCUT2D eigenvalue weighted by atomic mass is 9.90. The maximum Gasteiger partial charge on any atom is 0.190 e. The van der Waals surface area contributed by atoms with E-state index in [2.05, 4.69) is 41.0 Å². The molecule has 0 aliphatic rings. The Hall–Kier alpha value is -1.18. The number of nitrogens with zero attached hydrogens (tertiary/aromatic N) is 3. The molecule has 0 saturated carbocycles. The highest BCUT2D eigenvalue weighted by molar-refractivity contribution is 7.99. The third-order valence-electron chi connectivity index (χ3n) is 4.64. The molecule has 8 heteroatoms. The third kappa shape index (κ3) is 5.42. The summed E-state index contributed by atoms with van der Waals surface area (Å²) in [7, 11) is 0. The largest absolute Gasteiger partial charge is 0.383 e. The van der Waals surface area contributed by atoms with Crippen molar-refractivity contribution in [1.29, 1.82) is 0 Å². The number of nitrogen functional groups attached to an aromatic ring is 1. The van der Waals surface area contributed by atoms with E-state index in [4.69, 9.17) is 17.3 Å². The highest BCUT2D eigenvalue weighted by Crippen LogP contribution is 2.35. The molecule has 1 unspecified atom stereocenters. The number of thioether (sulfide) groups is 1. The van der Waals surface area contributed by atoms with Gasteiger partial charge in [0, 0.05) is 0 Å². The normalized spacial score (nSPS) is 13.9. The predicted molar refractivity (Wildman–Crippen MR) is 113 cm³/mol. The lowest BCUT2D eigenvalue weighted by molar-refractivity contribution is 0.404. The first-order chi connectivity index (χ1) is 12.9. The number of nitrogens with two attached hydrogens (primary N) is 1. The van der Waals surface area contributed by atoms with Crippen LogP contribution in [0.15, 0.2) is 5.16 Å². The molecule has 3 N–H and O–H groups in total. The fraction of sp³-hybridized carbons (Fsp3) is 0.632. The Labute approximate surface area is 170 Å². The number of pyridine rings is 1. The van der Waals surface area contributed by atoms with Crippen LogP contribution in [0.3, 0.4) is 0 Å². The maximum atomic E-state index is 14.6. The number of hydrogen-bond donors (Lipinski definition) is 2. The van der Waals surface area contributed by atoms with E-state index in [-0.39, 0.29) is 22.4 Å². The number of rotatable bonds is 10. The topological polar surface area (TPSA) is 76.7 Å². The Morgan fingerprint density at radius 1 is 1.22 bits per heavy atom. The summed E-state index contributed by atoms with van der Waals surface area (Å²) >= 11 is 7.50. The van der Waals surface area contributed by atoms with Gasteiger partial charge in [-0.3, -0.25) is 0 Å². The maximum absolute atomic E-state index is 14.6. The van der Waals surface area contributed by atoms with Crippen LogP contribution in [0.5, 0.6) is 0 Å². The number of halogens is 2. The summed E-state index contributed by atoms with van der Waals surface area (Å²) < 4.78 is 14.6. The molecule has 2 aromatic heterocycles. The van der Waals surface area contributed by atoms with E-state index in [0.717, 1.165) is 38.1 Å². The molecular formula is C19H29ClFN5S.